The predicted molar refractivity (Wildman–Crippen MR) is 70.5 cm³/mol. The Morgan fingerprint density at radius 2 is 2.11 bits per heavy atom. The topological polar surface area (TPSA) is 64.3 Å². The van der Waals surface area contributed by atoms with Gasteiger partial charge < -0.3 is 15.8 Å². The molecule has 0 bridgehead atoms. The molecule has 98 valence electrons. The zero-order chi connectivity index (χ0) is 12.8. The smallest absolute Gasteiger partial charge is 0.220 e. The summed E-state index contributed by atoms with van der Waals surface area (Å²) in [6, 6.07) is 8.25. The summed E-state index contributed by atoms with van der Waals surface area (Å²) in [4.78, 5) is 11.0. The van der Waals surface area contributed by atoms with Crippen LogP contribution in [-0.2, 0) is 11.2 Å². The quantitative estimate of drug-likeness (QED) is 0.796. The van der Waals surface area contributed by atoms with Crippen molar-refractivity contribution >= 4 is 5.91 Å². The zero-order valence-electron chi connectivity index (χ0n) is 10.5. The molecule has 4 nitrogen and oxygen atoms in total. The van der Waals surface area contributed by atoms with Crippen molar-refractivity contribution in [2.45, 2.75) is 31.7 Å². The number of carbonyl (C=O) groups excluding carboxylic acids is 1. The van der Waals surface area contributed by atoms with Crippen LogP contribution in [0.25, 0.3) is 0 Å². The molecule has 0 radical (unpaired) electrons. The molecule has 3 N–H and O–H groups in total. The number of carbonyl (C=O) groups is 1. The van der Waals surface area contributed by atoms with E-state index >= 15 is 0 Å². The molecule has 0 aromatic heterocycles. The second kappa shape index (κ2) is 6.40. The van der Waals surface area contributed by atoms with Gasteiger partial charge in [-0.15, -0.1) is 0 Å². The average molecular weight is 248 g/mol. The molecule has 4 heteroatoms. The lowest BCUT2D eigenvalue weighted by Gasteiger charge is -2.12. The van der Waals surface area contributed by atoms with Crippen molar-refractivity contribution in [2.75, 3.05) is 13.2 Å². The lowest BCUT2D eigenvalue weighted by atomic mass is 10.1. The maximum Gasteiger partial charge on any atom is 0.220 e. The van der Waals surface area contributed by atoms with Gasteiger partial charge in [0.25, 0.3) is 0 Å². The molecule has 0 saturated carbocycles. The minimum atomic E-state index is 0.126. The molecular weight excluding hydrogens is 228 g/mol. The number of nitrogens with one attached hydrogen (secondary N) is 1. The SMILES string of the molecule is NCCCc1ccc(OCC2CCC(=O)N2)cc1. The summed E-state index contributed by atoms with van der Waals surface area (Å²) < 4.78 is 5.66. The van der Waals surface area contributed by atoms with Crippen molar-refractivity contribution in [3.63, 3.8) is 0 Å². The summed E-state index contributed by atoms with van der Waals surface area (Å²) in [5.74, 6) is 0.980. The Balaban J connectivity index is 1.77. The molecule has 1 heterocycles. The number of nitrogens with two attached hydrogens (primary N) is 1. The van der Waals surface area contributed by atoms with E-state index in [4.69, 9.17) is 10.5 Å². The Hall–Kier alpha value is -1.55. The van der Waals surface area contributed by atoms with Gasteiger partial charge in [0.05, 0.1) is 6.04 Å². The second-order valence-electron chi connectivity index (χ2n) is 4.65. The molecule has 2 rings (SSSR count). The number of aryl methyl sites for hydroxylation is 1. The number of hydrogen-bond acceptors (Lipinski definition) is 3. The first-order chi connectivity index (χ1) is 8.78. The third kappa shape index (κ3) is 3.74. The number of benzene rings is 1. The lowest BCUT2D eigenvalue weighted by molar-refractivity contribution is -0.119. The van der Waals surface area contributed by atoms with Crippen molar-refractivity contribution in [3.05, 3.63) is 29.8 Å². The molecule has 1 unspecified atom stereocenters. The third-order valence-corrected chi connectivity index (χ3v) is 3.13. The zero-order valence-corrected chi connectivity index (χ0v) is 10.5. The van der Waals surface area contributed by atoms with Gasteiger partial charge in [-0.1, -0.05) is 12.1 Å². The number of rotatable bonds is 6. The van der Waals surface area contributed by atoms with Crippen LogP contribution in [-0.4, -0.2) is 25.1 Å². The van der Waals surface area contributed by atoms with Crippen LogP contribution in [0.15, 0.2) is 24.3 Å². The Morgan fingerprint density at radius 1 is 1.33 bits per heavy atom. The van der Waals surface area contributed by atoms with Crippen LogP contribution in [0.4, 0.5) is 0 Å². The molecular formula is C14H20N2O2. The molecule has 1 fully saturated rings. The normalized spacial score (nSPS) is 18.7. The molecule has 0 aliphatic carbocycles. The predicted octanol–water partition coefficient (Wildman–Crippen LogP) is 1.24. The van der Waals surface area contributed by atoms with Crippen molar-refractivity contribution in [2.24, 2.45) is 5.73 Å². The summed E-state index contributed by atoms with van der Waals surface area (Å²) in [6.07, 6.45) is 3.50. The van der Waals surface area contributed by atoms with Crippen LogP contribution in [0.1, 0.15) is 24.8 Å². The van der Waals surface area contributed by atoms with E-state index in [1.807, 2.05) is 12.1 Å². The molecule has 1 amide bonds. The molecule has 1 saturated heterocycles. The fourth-order valence-corrected chi connectivity index (χ4v) is 2.06. The summed E-state index contributed by atoms with van der Waals surface area (Å²) in [6.45, 7) is 1.27. The summed E-state index contributed by atoms with van der Waals surface area (Å²) in [5, 5.41) is 2.89. The molecule has 1 aliphatic heterocycles. The third-order valence-electron chi connectivity index (χ3n) is 3.13. The van der Waals surface area contributed by atoms with Crippen LogP contribution in [0.2, 0.25) is 0 Å². The second-order valence-corrected chi connectivity index (χ2v) is 4.65. The Morgan fingerprint density at radius 3 is 2.72 bits per heavy atom. The van der Waals surface area contributed by atoms with Gasteiger partial charge in [-0.2, -0.15) is 0 Å². The minimum Gasteiger partial charge on any atom is -0.491 e. The largest absolute Gasteiger partial charge is 0.491 e. The van der Waals surface area contributed by atoms with Crippen molar-refractivity contribution < 1.29 is 9.53 Å². The fraction of sp³-hybridized carbons (Fsp3) is 0.500. The van der Waals surface area contributed by atoms with E-state index < -0.39 is 0 Å². The van der Waals surface area contributed by atoms with Gasteiger partial charge in [0.2, 0.25) is 5.91 Å². The number of amides is 1. The first-order valence-electron chi connectivity index (χ1n) is 6.49. The van der Waals surface area contributed by atoms with E-state index in [9.17, 15) is 4.79 Å². The highest BCUT2D eigenvalue weighted by Crippen LogP contribution is 2.15. The molecule has 1 aromatic carbocycles. The van der Waals surface area contributed by atoms with E-state index in [-0.39, 0.29) is 11.9 Å². The van der Waals surface area contributed by atoms with Gasteiger partial charge in [0.15, 0.2) is 0 Å². The van der Waals surface area contributed by atoms with Crippen molar-refractivity contribution in [1.82, 2.24) is 5.32 Å². The highest BCUT2D eigenvalue weighted by Gasteiger charge is 2.20. The average Bonchev–Trinajstić information content (AvgIpc) is 2.81. The van der Waals surface area contributed by atoms with Gasteiger partial charge in [0.1, 0.15) is 12.4 Å². The van der Waals surface area contributed by atoms with Crippen molar-refractivity contribution in [1.29, 1.82) is 0 Å². The van der Waals surface area contributed by atoms with E-state index in [1.54, 1.807) is 0 Å². The van der Waals surface area contributed by atoms with E-state index in [0.717, 1.165) is 31.6 Å². The van der Waals surface area contributed by atoms with Crippen LogP contribution < -0.4 is 15.8 Å². The van der Waals surface area contributed by atoms with E-state index in [0.29, 0.717) is 13.0 Å². The Bertz CT molecular complexity index is 389. The molecule has 1 aromatic rings. The Kier molecular flexibility index (Phi) is 4.59. The van der Waals surface area contributed by atoms with Gasteiger partial charge in [0, 0.05) is 6.42 Å². The van der Waals surface area contributed by atoms with E-state index in [1.165, 1.54) is 5.56 Å². The van der Waals surface area contributed by atoms with Crippen LogP contribution in [0.3, 0.4) is 0 Å². The minimum absolute atomic E-state index is 0.126. The first kappa shape index (κ1) is 12.9. The standard InChI is InChI=1S/C14H20N2O2/c15-9-1-2-11-3-6-13(7-4-11)18-10-12-5-8-14(17)16-12/h3-4,6-7,12H,1-2,5,8-10,15H2,(H,16,17). The fourth-order valence-electron chi connectivity index (χ4n) is 2.06. The van der Waals surface area contributed by atoms with Gasteiger partial charge in [-0.25, -0.2) is 0 Å². The summed E-state index contributed by atoms with van der Waals surface area (Å²) >= 11 is 0. The monoisotopic (exact) mass is 248 g/mol. The maximum atomic E-state index is 11.0. The molecule has 0 spiro atoms. The molecule has 1 aliphatic rings. The number of ether oxygens (including phenoxy) is 1. The van der Waals surface area contributed by atoms with E-state index in [2.05, 4.69) is 17.4 Å². The summed E-state index contributed by atoms with van der Waals surface area (Å²) in [5.41, 5.74) is 6.76. The number of hydrogen-bond donors (Lipinski definition) is 2. The van der Waals surface area contributed by atoms with Crippen molar-refractivity contribution in [3.8, 4) is 5.75 Å². The Labute approximate surface area is 108 Å². The first-order valence-corrected chi connectivity index (χ1v) is 6.49. The molecule has 18 heavy (non-hydrogen) atoms. The highest BCUT2D eigenvalue weighted by atomic mass is 16.5. The van der Waals surface area contributed by atoms with Gasteiger partial charge in [-0.3, -0.25) is 4.79 Å². The van der Waals surface area contributed by atoms with Crippen LogP contribution >= 0.6 is 0 Å². The summed E-state index contributed by atoms with van der Waals surface area (Å²) in [7, 11) is 0. The van der Waals surface area contributed by atoms with Gasteiger partial charge in [-0.05, 0) is 43.5 Å². The van der Waals surface area contributed by atoms with Crippen LogP contribution in [0.5, 0.6) is 5.75 Å². The lowest BCUT2D eigenvalue weighted by Crippen LogP contribution is -2.30. The van der Waals surface area contributed by atoms with Crippen LogP contribution in [0, 0.1) is 0 Å². The van der Waals surface area contributed by atoms with Gasteiger partial charge >= 0.3 is 0 Å². The maximum absolute atomic E-state index is 11.0. The molecule has 1 atom stereocenters. The highest BCUT2D eigenvalue weighted by molar-refractivity contribution is 5.78.